The topological polar surface area (TPSA) is 93.2 Å². The summed E-state index contributed by atoms with van der Waals surface area (Å²) in [5, 5.41) is 6.77. The monoisotopic (exact) mass is 648 g/mol. The fourth-order valence-electron chi connectivity index (χ4n) is 7.33. The Morgan fingerprint density at radius 1 is 0.625 bits per heavy atom. The van der Waals surface area contributed by atoms with Crippen LogP contribution >= 0.6 is 0 Å². The van der Waals surface area contributed by atoms with Crippen molar-refractivity contribution in [2.24, 2.45) is 0 Å². The summed E-state index contributed by atoms with van der Waals surface area (Å²) in [6, 6.07) is 17.5. The number of carbonyl (C=O) groups excluding carboxylic acids is 4. The van der Waals surface area contributed by atoms with E-state index >= 15 is 0 Å². The molecule has 48 heavy (non-hydrogen) atoms. The molecule has 0 fully saturated rings. The highest BCUT2D eigenvalue weighted by Gasteiger charge is 2.40. The Bertz CT molecular complexity index is 1980. The lowest BCUT2D eigenvalue weighted by molar-refractivity contribution is 0.0608. The molecule has 0 saturated heterocycles. The second-order valence-corrected chi connectivity index (χ2v) is 12.6. The van der Waals surface area contributed by atoms with E-state index in [1.165, 1.54) is 43.4 Å². The molecule has 1 aliphatic heterocycles. The minimum Gasteiger partial charge on any atom is -0.449 e. The van der Waals surface area contributed by atoms with Crippen LogP contribution in [0.1, 0.15) is 106 Å². The number of ether oxygens (including phenoxy) is 2. The summed E-state index contributed by atoms with van der Waals surface area (Å²) in [6.07, 6.45) is 9.39. The second kappa shape index (κ2) is 14.6. The van der Waals surface area contributed by atoms with Gasteiger partial charge in [0.15, 0.2) is 0 Å². The van der Waals surface area contributed by atoms with Gasteiger partial charge in [0.1, 0.15) is 0 Å². The molecule has 6 rings (SSSR count). The fourth-order valence-corrected chi connectivity index (χ4v) is 7.33. The first kappa shape index (κ1) is 33.2. The average Bonchev–Trinajstić information content (AvgIpc) is 3.08. The van der Waals surface area contributed by atoms with Gasteiger partial charge in [-0.25, -0.2) is 9.59 Å². The molecule has 0 bridgehead atoms. The van der Waals surface area contributed by atoms with Crippen molar-refractivity contribution in [3.05, 3.63) is 65.7 Å². The van der Waals surface area contributed by atoms with Crippen molar-refractivity contribution in [3.8, 4) is 0 Å². The van der Waals surface area contributed by atoms with E-state index in [0.29, 0.717) is 17.4 Å². The smallest absolute Gasteiger partial charge is 0.424 e. The highest BCUT2D eigenvalue weighted by atomic mass is 16.6. The van der Waals surface area contributed by atoms with Gasteiger partial charge in [0.25, 0.3) is 11.8 Å². The van der Waals surface area contributed by atoms with Crippen LogP contribution in [0.4, 0.5) is 15.3 Å². The number of carbonyl (C=O) groups is 4. The van der Waals surface area contributed by atoms with Crippen LogP contribution in [0.15, 0.2) is 54.6 Å². The van der Waals surface area contributed by atoms with Crippen LogP contribution in [0.5, 0.6) is 0 Å². The molecule has 0 unspecified atom stereocenters. The van der Waals surface area contributed by atoms with E-state index in [2.05, 4.69) is 6.92 Å². The van der Waals surface area contributed by atoms with E-state index in [9.17, 15) is 19.2 Å². The van der Waals surface area contributed by atoms with Gasteiger partial charge >= 0.3 is 12.2 Å². The van der Waals surface area contributed by atoms with Crippen molar-refractivity contribution in [2.45, 2.75) is 85.0 Å². The number of amides is 4. The molecule has 0 N–H and O–H groups in total. The van der Waals surface area contributed by atoms with Gasteiger partial charge in [0.05, 0.1) is 24.5 Å². The van der Waals surface area contributed by atoms with Crippen LogP contribution in [0, 0.1) is 0 Å². The molecular weight excluding hydrogens is 604 g/mol. The highest BCUT2D eigenvalue weighted by Crippen LogP contribution is 2.47. The Hall–Kier alpha value is -4.72. The molecule has 5 aromatic carbocycles. The molecule has 8 heteroatoms. The van der Waals surface area contributed by atoms with Gasteiger partial charge in [-0.05, 0) is 70.1 Å². The van der Waals surface area contributed by atoms with Crippen molar-refractivity contribution >= 4 is 72.8 Å². The Labute approximate surface area is 281 Å². The second-order valence-electron chi connectivity index (χ2n) is 12.6. The minimum absolute atomic E-state index is 0.0177. The number of nitrogens with zero attached hydrogens (tertiary/aromatic N) is 2. The molecule has 0 spiro atoms. The molecule has 1 aliphatic rings. The molecule has 250 valence electrons. The summed E-state index contributed by atoms with van der Waals surface area (Å²) in [7, 11) is 0. The maximum absolute atomic E-state index is 14.5. The van der Waals surface area contributed by atoms with Crippen LogP contribution in [0.25, 0.3) is 43.1 Å². The van der Waals surface area contributed by atoms with Crippen molar-refractivity contribution in [3.63, 3.8) is 0 Å². The summed E-state index contributed by atoms with van der Waals surface area (Å²) < 4.78 is 10.7. The molecule has 0 aromatic heterocycles. The van der Waals surface area contributed by atoms with E-state index in [1.54, 1.807) is 26.0 Å². The Morgan fingerprint density at radius 3 is 1.79 bits per heavy atom. The van der Waals surface area contributed by atoms with Crippen LogP contribution < -0.4 is 4.90 Å². The Balaban J connectivity index is 1.45. The first-order valence-corrected chi connectivity index (χ1v) is 17.6. The summed E-state index contributed by atoms with van der Waals surface area (Å²) in [5.41, 5.74) is 0.553. The summed E-state index contributed by atoms with van der Waals surface area (Å²) in [4.78, 5) is 57.7. The number of hydrogen-bond acceptors (Lipinski definition) is 6. The van der Waals surface area contributed by atoms with Gasteiger partial charge in [-0.15, -0.1) is 0 Å². The zero-order valence-electron chi connectivity index (χ0n) is 28.2. The van der Waals surface area contributed by atoms with E-state index in [0.717, 1.165) is 61.9 Å². The first-order valence-electron chi connectivity index (χ1n) is 17.6. The molecular formula is C40H44N2O6. The lowest BCUT2D eigenvalue weighted by Crippen LogP contribution is -2.44. The molecule has 0 saturated carbocycles. The molecule has 0 aliphatic carbocycles. The van der Waals surface area contributed by atoms with Crippen LogP contribution in [0.3, 0.4) is 0 Å². The third-order valence-corrected chi connectivity index (χ3v) is 9.56. The SMILES string of the molecule is CCCCCCCCCCCCN1C(=O)c2ccc3c4cccc5cccc(c6cc(N(C(=O)OCC)C(=O)OCC)c(c2c36)C1=O)c54. The van der Waals surface area contributed by atoms with Gasteiger partial charge in [-0.2, -0.15) is 4.90 Å². The summed E-state index contributed by atoms with van der Waals surface area (Å²) in [6.45, 7) is 5.80. The standard InChI is InChI=1S/C40H44N2O6/c1-4-7-8-9-10-11-12-13-14-15-24-41-37(43)30-23-22-29-27-20-16-18-26-19-17-21-28(33(26)27)31-25-32(36(38(41)44)35(30)34(29)31)42(39(45)47-5-2)40(46)48-6-3/h16-23,25H,4-15,24H2,1-3H3. The van der Waals surface area contributed by atoms with E-state index in [4.69, 9.17) is 9.47 Å². The van der Waals surface area contributed by atoms with Crippen molar-refractivity contribution in [2.75, 3.05) is 24.7 Å². The minimum atomic E-state index is -0.947. The fraction of sp³-hybridized carbons (Fsp3) is 0.400. The lowest BCUT2D eigenvalue weighted by Gasteiger charge is -2.32. The van der Waals surface area contributed by atoms with Gasteiger partial charge < -0.3 is 9.47 Å². The van der Waals surface area contributed by atoms with Gasteiger partial charge in [0, 0.05) is 17.5 Å². The third-order valence-electron chi connectivity index (χ3n) is 9.56. The van der Waals surface area contributed by atoms with Crippen LogP contribution in [0.2, 0.25) is 0 Å². The number of unbranched alkanes of at least 4 members (excludes halogenated alkanes) is 9. The quantitative estimate of drug-likeness (QED) is 0.0515. The molecule has 8 nitrogen and oxygen atoms in total. The van der Waals surface area contributed by atoms with Gasteiger partial charge in [-0.1, -0.05) is 107 Å². The number of imide groups is 2. The summed E-state index contributed by atoms with van der Waals surface area (Å²) >= 11 is 0. The summed E-state index contributed by atoms with van der Waals surface area (Å²) in [5.74, 6) is -0.897. The van der Waals surface area contributed by atoms with E-state index in [-0.39, 0.29) is 36.9 Å². The zero-order chi connectivity index (χ0) is 33.8. The van der Waals surface area contributed by atoms with E-state index in [1.807, 2.05) is 42.5 Å². The van der Waals surface area contributed by atoms with Crippen molar-refractivity contribution in [1.29, 1.82) is 0 Å². The predicted octanol–water partition coefficient (Wildman–Crippen LogP) is 10.4. The largest absolute Gasteiger partial charge is 0.449 e. The van der Waals surface area contributed by atoms with Crippen molar-refractivity contribution < 1.29 is 28.7 Å². The molecule has 0 radical (unpaired) electrons. The first-order chi connectivity index (χ1) is 23.4. The van der Waals surface area contributed by atoms with Crippen LogP contribution in [-0.4, -0.2) is 48.7 Å². The van der Waals surface area contributed by atoms with Gasteiger partial charge in [-0.3, -0.25) is 14.5 Å². The lowest BCUT2D eigenvalue weighted by atomic mass is 9.83. The van der Waals surface area contributed by atoms with Gasteiger partial charge in [0.2, 0.25) is 0 Å². The van der Waals surface area contributed by atoms with E-state index < -0.39 is 18.1 Å². The van der Waals surface area contributed by atoms with Crippen molar-refractivity contribution in [1.82, 2.24) is 4.90 Å². The molecule has 1 heterocycles. The zero-order valence-corrected chi connectivity index (χ0v) is 28.2. The molecule has 4 amide bonds. The predicted molar refractivity (Wildman–Crippen MR) is 191 cm³/mol. The number of hydrogen-bond donors (Lipinski definition) is 0. The molecule has 0 atom stereocenters. The Kier molecular flexibility index (Phi) is 10.1. The number of fused-ring (bicyclic) bond motifs is 2. The number of benzene rings is 5. The maximum atomic E-state index is 14.5. The third kappa shape index (κ3) is 5.93. The molecule has 5 aromatic rings. The maximum Gasteiger partial charge on any atom is 0.424 e. The average molecular weight is 649 g/mol. The number of rotatable bonds is 14. The normalized spacial score (nSPS) is 12.9. The Morgan fingerprint density at radius 2 is 1.19 bits per heavy atom. The highest BCUT2D eigenvalue weighted by molar-refractivity contribution is 6.40. The number of anilines is 1. The van der Waals surface area contributed by atoms with Crippen LogP contribution in [-0.2, 0) is 9.47 Å².